The number of piperazine rings is 1. The van der Waals surface area contributed by atoms with E-state index in [0.29, 0.717) is 0 Å². The third kappa shape index (κ3) is 9.27. The number of carbonyl (C=O) groups is 3. The van der Waals surface area contributed by atoms with Crippen molar-refractivity contribution in [3.8, 4) is 0 Å². The molecule has 1 rings (SSSR count). The Hall–Kier alpha value is -2.12. The molecule has 0 aliphatic carbocycles. The van der Waals surface area contributed by atoms with Crippen molar-refractivity contribution in [2.45, 2.75) is 58.8 Å². The van der Waals surface area contributed by atoms with Crippen LogP contribution >= 0.6 is 0 Å². The molecule has 0 aromatic carbocycles. The van der Waals surface area contributed by atoms with Gasteiger partial charge in [-0.3, -0.25) is 14.5 Å². The molecule has 180 valence electrons. The maximum absolute atomic E-state index is 12.8. The van der Waals surface area contributed by atoms with E-state index in [4.69, 9.17) is 9.57 Å². The van der Waals surface area contributed by atoms with Crippen LogP contribution in [0.4, 0.5) is 9.59 Å². The van der Waals surface area contributed by atoms with Gasteiger partial charge in [0, 0.05) is 26.2 Å². The highest BCUT2D eigenvalue weighted by atomic mass is 32.2. The Balaban J connectivity index is 2.97. The maximum atomic E-state index is 12.8. The first kappa shape index (κ1) is 26.9. The lowest BCUT2D eigenvalue weighted by atomic mass is 10.2. The number of hydrogen-bond donors (Lipinski definition) is 2. The van der Waals surface area contributed by atoms with Gasteiger partial charge in [0.05, 0.1) is 18.5 Å². The smallest absolute Gasteiger partial charge is 0.411 e. The molecule has 31 heavy (non-hydrogen) atoms. The van der Waals surface area contributed by atoms with Crippen LogP contribution in [0.1, 0.15) is 41.5 Å². The van der Waals surface area contributed by atoms with E-state index in [1.165, 1.54) is 12.0 Å². The summed E-state index contributed by atoms with van der Waals surface area (Å²) >= 11 is 0. The molecule has 2 N–H and O–H groups in total. The van der Waals surface area contributed by atoms with Gasteiger partial charge in [0.1, 0.15) is 11.6 Å². The van der Waals surface area contributed by atoms with Crippen molar-refractivity contribution in [1.29, 1.82) is 0 Å². The Kier molecular flexibility index (Phi) is 9.08. The third-order valence-corrected chi connectivity index (χ3v) is 5.78. The van der Waals surface area contributed by atoms with Gasteiger partial charge in [0.25, 0.3) is 5.91 Å². The lowest BCUT2D eigenvalue weighted by Gasteiger charge is -2.40. The number of ether oxygens (including phenoxy) is 2. The summed E-state index contributed by atoms with van der Waals surface area (Å²) in [6, 6.07) is -1.16. The number of nitrogens with zero attached hydrogens (tertiary/aromatic N) is 2. The Labute approximate surface area is 183 Å². The summed E-state index contributed by atoms with van der Waals surface area (Å²) in [5.41, 5.74) is 0.817. The van der Waals surface area contributed by atoms with Gasteiger partial charge in [0.15, 0.2) is 0 Å². The normalized spacial score (nSPS) is 18.3. The van der Waals surface area contributed by atoms with Crippen molar-refractivity contribution in [2.75, 3.05) is 39.0 Å². The molecule has 3 amide bonds. The molecule has 1 saturated heterocycles. The number of rotatable bonds is 6. The number of hydrogen-bond acceptors (Lipinski definition) is 8. The van der Waals surface area contributed by atoms with Gasteiger partial charge in [-0.15, -0.1) is 0 Å². The summed E-state index contributed by atoms with van der Waals surface area (Å²) in [5, 5.41) is 2.30. The number of nitrogens with one attached hydrogen (secondary N) is 2. The Bertz CT molecular complexity index is 758. The molecule has 1 unspecified atom stereocenters. The molecule has 0 spiro atoms. The molecule has 12 nitrogen and oxygen atoms in total. The minimum absolute atomic E-state index is 0.0241. The zero-order valence-corrected chi connectivity index (χ0v) is 20.0. The van der Waals surface area contributed by atoms with Crippen LogP contribution in [0.15, 0.2) is 0 Å². The van der Waals surface area contributed by atoms with Crippen LogP contribution in [0.2, 0.25) is 0 Å². The molecular formula is C18H34N4O8S. The van der Waals surface area contributed by atoms with Gasteiger partial charge in [0.2, 0.25) is 10.0 Å². The average Bonchev–Trinajstić information content (AvgIpc) is 2.63. The molecular weight excluding hydrogens is 432 g/mol. The van der Waals surface area contributed by atoms with E-state index in [-0.39, 0.29) is 31.9 Å². The fourth-order valence-corrected chi connectivity index (χ4v) is 3.88. The summed E-state index contributed by atoms with van der Waals surface area (Å²) in [4.78, 5) is 43.0. The van der Waals surface area contributed by atoms with Crippen LogP contribution < -0.4 is 10.8 Å². The van der Waals surface area contributed by atoms with Crippen molar-refractivity contribution in [1.82, 2.24) is 20.0 Å². The first-order valence-corrected chi connectivity index (χ1v) is 11.4. The van der Waals surface area contributed by atoms with Crippen LogP contribution in [0.25, 0.3) is 0 Å². The third-order valence-electron chi connectivity index (χ3n) is 3.94. The van der Waals surface area contributed by atoms with Crippen LogP contribution in [0.3, 0.4) is 0 Å². The second kappa shape index (κ2) is 10.5. The first-order chi connectivity index (χ1) is 14.1. The molecule has 13 heteroatoms. The number of methoxy groups -OCH3 is 1. The minimum atomic E-state index is -3.82. The predicted molar refractivity (Wildman–Crippen MR) is 111 cm³/mol. The van der Waals surface area contributed by atoms with Crippen LogP contribution in [0.5, 0.6) is 0 Å². The van der Waals surface area contributed by atoms with Crippen molar-refractivity contribution in [3.63, 3.8) is 0 Å². The highest BCUT2D eigenvalue weighted by Gasteiger charge is 2.41. The molecule has 0 aromatic heterocycles. The molecule has 1 aliphatic rings. The Morgan fingerprint density at radius 3 is 2.16 bits per heavy atom. The number of hydroxylamine groups is 1. The fraction of sp³-hybridized carbons (Fsp3) is 0.833. The molecule has 0 radical (unpaired) electrons. The predicted octanol–water partition coefficient (Wildman–Crippen LogP) is 0.440. The van der Waals surface area contributed by atoms with E-state index in [1.807, 2.05) is 0 Å². The van der Waals surface area contributed by atoms with E-state index in [1.54, 1.807) is 41.5 Å². The van der Waals surface area contributed by atoms with E-state index in [2.05, 4.69) is 15.5 Å². The number of alkyl carbamates (subject to hydrolysis) is 1. The molecule has 1 atom stereocenters. The zero-order valence-electron chi connectivity index (χ0n) is 19.2. The summed E-state index contributed by atoms with van der Waals surface area (Å²) in [6.45, 7) is 9.74. The van der Waals surface area contributed by atoms with Crippen LogP contribution in [0, 0.1) is 0 Å². The quantitative estimate of drug-likeness (QED) is 0.537. The average molecular weight is 467 g/mol. The second-order valence-electron chi connectivity index (χ2n) is 8.96. The van der Waals surface area contributed by atoms with Gasteiger partial charge in [-0.1, -0.05) is 0 Å². The van der Waals surface area contributed by atoms with Crippen molar-refractivity contribution < 1.29 is 37.1 Å². The molecule has 0 aromatic rings. The van der Waals surface area contributed by atoms with E-state index in [0.717, 1.165) is 4.31 Å². The second-order valence-corrected chi connectivity index (χ2v) is 11.1. The molecule has 1 heterocycles. The van der Waals surface area contributed by atoms with Gasteiger partial charge < -0.3 is 14.8 Å². The summed E-state index contributed by atoms with van der Waals surface area (Å²) in [6.07, 6.45) is -1.48. The lowest BCUT2D eigenvalue weighted by molar-refractivity contribution is -0.152. The van der Waals surface area contributed by atoms with Crippen molar-refractivity contribution in [2.24, 2.45) is 0 Å². The summed E-state index contributed by atoms with van der Waals surface area (Å²) in [5.74, 6) is -1.06. The number of carbonyl (C=O) groups excluding carboxylic acids is 3. The van der Waals surface area contributed by atoms with E-state index >= 15 is 0 Å². The van der Waals surface area contributed by atoms with E-state index in [9.17, 15) is 22.8 Å². The maximum Gasteiger partial charge on any atom is 0.411 e. The van der Waals surface area contributed by atoms with Crippen molar-refractivity contribution >= 4 is 28.1 Å². The highest BCUT2D eigenvalue weighted by molar-refractivity contribution is 7.89. The molecule has 0 bridgehead atoms. The van der Waals surface area contributed by atoms with Crippen LogP contribution in [-0.4, -0.2) is 92.0 Å². The Morgan fingerprint density at radius 1 is 1.03 bits per heavy atom. The summed E-state index contributed by atoms with van der Waals surface area (Å²) < 4.78 is 36.2. The highest BCUT2D eigenvalue weighted by Crippen LogP contribution is 2.19. The van der Waals surface area contributed by atoms with Gasteiger partial charge in [-0.25, -0.2) is 23.5 Å². The largest absolute Gasteiger partial charge is 0.453 e. The zero-order chi connectivity index (χ0) is 24.0. The fourth-order valence-electron chi connectivity index (χ4n) is 2.53. The van der Waals surface area contributed by atoms with Crippen molar-refractivity contribution in [3.05, 3.63) is 0 Å². The van der Waals surface area contributed by atoms with Gasteiger partial charge in [-0.2, -0.15) is 4.31 Å². The lowest BCUT2D eigenvalue weighted by Crippen LogP contribution is -2.62. The monoisotopic (exact) mass is 466 g/mol. The standard InChI is InChI=1S/C18H34N4O8S/c1-17(2,3)29-16(25)22-10-9-21(31(26,27)11-8-19-15(24)28-7)12-13(22)14(23)20-30-18(4,5)6/h13H,8-12H2,1-7H3,(H,19,24)(H,20,23). The molecule has 1 fully saturated rings. The molecule has 1 aliphatic heterocycles. The van der Waals surface area contributed by atoms with Gasteiger partial charge in [-0.05, 0) is 41.5 Å². The topological polar surface area (TPSA) is 144 Å². The van der Waals surface area contributed by atoms with Gasteiger partial charge >= 0.3 is 12.2 Å². The first-order valence-electron chi connectivity index (χ1n) is 9.83. The van der Waals surface area contributed by atoms with E-state index < -0.39 is 45.4 Å². The molecule has 0 saturated carbocycles. The Morgan fingerprint density at radius 2 is 1.65 bits per heavy atom. The number of sulfonamides is 1. The summed E-state index contributed by atoms with van der Waals surface area (Å²) in [7, 11) is -2.65. The number of amides is 3. The minimum Gasteiger partial charge on any atom is -0.453 e. The SMILES string of the molecule is COC(=O)NCCS(=O)(=O)N1CCN(C(=O)OC(C)(C)C)C(C(=O)NOC(C)(C)C)C1. The van der Waals surface area contributed by atoms with Crippen LogP contribution in [-0.2, 0) is 29.1 Å².